The van der Waals surface area contributed by atoms with Crippen molar-refractivity contribution >= 4 is 23.8 Å². The zero-order chi connectivity index (χ0) is 25.0. The predicted molar refractivity (Wildman–Crippen MR) is 134 cm³/mol. The molecule has 0 spiro atoms. The molecule has 182 valence electrons. The van der Waals surface area contributed by atoms with Gasteiger partial charge in [-0.05, 0) is 35.4 Å². The summed E-state index contributed by atoms with van der Waals surface area (Å²) in [4.78, 5) is 25.7. The predicted octanol–water partition coefficient (Wildman–Crippen LogP) is 3.60. The number of benzene rings is 3. The van der Waals surface area contributed by atoms with Crippen LogP contribution in [0.3, 0.4) is 0 Å². The van der Waals surface area contributed by atoms with E-state index in [0.29, 0.717) is 22.9 Å². The van der Waals surface area contributed by atoms with Crippen molar-refractivity contribution in [3.63, 3.8) is 0 Å². The fourth-order valence-corrected chi connectivity index (χ4v) is 3.25. The van der Waals surface area contributed by atoms with Crippen LogP contribution in [0.1, 0.15) is 11.1 Å². The zero-order valence-electron chi connectivity index (χ0n) is 19.8. The van der Waals surface area contributed by atoms with Crippen LogP contribution in [0.4, 0.5) is 10.5 Å². The number of carbonyl (C=O) groups excluding carboxylic acids is 2. The van der Waals surface area contributed by atoms with Crippen molar-refractivity contribution in [1.82, 2.24) is 10.7 Å². The number of amides is 3. The lowest BCUT2D eigenvalue weighted by Crippen LogP contribution is -2.48. The Labute approximate surface area is 204 Å². The van der Waals surface area contributed by atoms with Gasteiger partial charge in [0.25, 0.3) is 5.91 Å². The van der Waals surface area contributed by atoms with E-state index >= 15 is 0 Å². The number of nitrogens with zero attached hydrogens (tertiary/aromatic N) is 1. The molecule has 35 heavy (non-hydrogen) atoms. The normalized spacial score (nSPS) is 11.4. The molecule has 0 unspecified atom stereocenters. The van der Waals surface area contributed by atoms with Gasteiger partial charge in [0.15, 0.2) is 0 Å². The molecule has 9 heteroatoms. The van der Waals surface area contributed by atoms with Gasteiger partial charge in [-0.2, -0.15) is 5.10 Å². The van der Waals surface area contributed by atoms with Crippen LogP contribution in [0, 0.1) is 0 Å². The Balaban J connectivity index is 1.70. The van der Waals surface area contributed by atoms with Crippen molar-refractivity contribution in [1.29, 1.82) is 0 Å². The van der Waals surface area contributed by atoms with E-state index in [-0.39, 0.29) is 6.42 Å². The molecule has 3 amide bonds. The Bertz CT molecular complexity index is 1170. The van der Waals surface area contributed by atoms with Crippen LogP contribution in [-0.2, 0) is 11.2 Å². The van der Waals surface area contributed by atoms with Gasteiger partial charge in [0.2, 0.25) is 0 Å². The summed E-state index contributed by atoms with van der Waals surface area (Å²) in [6.07, 6.45) is 1.77. The maximum absolute atomic E-state index is 12.9. The highest BCUT2D eigenvalue weighted by Crippen LogP contribution is 2.28. The minimum Gasteiger partial charge on any atom is -0.497 e. The van der Waals surface area contributed by atoms with E-state index in [9.17, 15) is 9.59 Å². The summed E-state index contributed by atoms with van der Waals surface area (Å²) in [5.41, 5.74) is 4.57. The molecule has 9 nitrogen and oxygen atoms in total. The number of anilines is 1. The van der Waals surface area contributed by atoms with Crippen LogP contribution in [0.2, 0.25) is 0 Å². The second-order valence-corrected chi connectivity index (χ2v) is 7.42. The van der Waals surface area contributed by atoms with E-state index in [2.05, 4.69) is 21.2 Å². The average Bonchev–Trinajstić information content (AvgIpc) is 2.89. The van der Waals surface area contributed by atoms with Crippen molar-refractivity contribution in [2.24, 2.45) is 5.10 Å². The first-order valence-corrected chi connectivity index (χ1v) is 10.8. The molecule has 0 heterocycles. The third-order valence-electron chi connectivity index (χ3n) is 5.04. The lowest BCUT2D eigenvalue weighted by Gasteiger charge is -2.18. The SMILES string of the molecule is COc1cccc(C=NNC(=O)[C@@H](Cc2ccccc2)NC(=O)Nc2ccc(OC)cc2OC)c1. The average molecular weight is 477 g/mol. The van der Waals surface area contributed by atoms with Gasteiger partial charge in [0, 0.05) is 12.5 Å². The largest absolute Gasteiger partial charge is 0.497 e. The van der Waals surface area contributed by atoms with Crippen molar-refractivity contribution in [2.75, 3.05) is 26.6 Å². The highest BCUT2D eigenvalue weighted by Gasteiger charge is 2.22. The lowest BCUT2D eigenvalue weighted by molar-refractivity contribution is -0.122. The zero-order valence-corrected chi connectivity index (χ0v) is 19.8. The summed E-state index contributed by atoms with van der Waals surface area (Å²) in [5, 5.41) is 9.46. The van der Waals surface area contributed by atoms with E-state index in [4.69, 9.17) is 14.2 Å². The Hall–Kier alpha value is -4.53. The Morgan fingerprint density at radius 1 is 0.886 bits per heavy atom. The van der Waals surface area contributed by atoms with Gasteiger partial charge in [-0.3, -0.25) is 4.79 Å². The van der Waals surface area contributed by atoms with Crippen LogP contribution in [0.15, 0.2) is 77.9 Å². The van der Waals surface area contributed by atoms with Gasteiger partial charge in [0.05, 0.1) is 33.2 Å². The topological polar surface area (TPSA) is 110 Å². The molecular weight excluding hydrogens is 448 g/mol. The Kier molecular flexibility index (Phi) is 9.07. The van der Waals surface area contributed by atoms with Gasteiger partial charge < -0.3 is 24.8 Å². The molecule has 0 saturated heterocycles. The van der Waals surface area contributed by atoms with Gasteiger partial charge in [-0.25, -0.2) is 10.2 Å². The lowest BCUT2D eigenvalue weighted by atomic mass is 10.1. The van der Waals surface area contributed by atoms with E-state index in [1.165, 1.54) is 20.4 Å². The fourth-order valence-electron chi connectivity index (χ4n) is 3.25. The maximum Gasteiger partial charge on any atom is 0.320 e. The van der Waals surface area contributed by atoms with Crippen LogP contribution in [0.5, 0.6) is 17.2 Å². The quantitative estimate of drug-likeness (QED) is 0.306. The number of hydrogen-bond donors (Lipinski definition) is 3. The number of nitrogens with one attached hydrogen (secondary N) is 3. The first-order valence-electron chi connectivity index (χ1n) is 10.8. The molecule has 0 aromatic heterocycles. The summed E-state index contributed by atoms with van der Waals surface area (Å²) < 4.78 is 15.7. The van der Waals surface area contributed by atoms with E-state index in [1.54, 1.807) is 31.4 Å². The number of ether oxygens (including phenoxy) is 3. The van der Waals surface area contributed by atoms with Crippen LogP contribution in [-0.4, -0.2) is 45.5 Å². The minimum atomic E-state index is -0.885. The summed E-state index contributed by atoms with van der Waals surface area (Å²) in [5.74, 6) is 1.22. The number of carbonyl (C=O) groups is 2. The fraction of sp³-hybridized carbons (Fsp3) is 0.192. The van der Waals surface area contributed by atoms with Crippen molar-refractivity contribution in [3.05, 3.63) is 83.9 Å². The third-order valence-corrected chi connectivity index (χ3v) is 5.04. The maximum atomic E-state index is 12.9. The number of methoxy groups -OCH3 is 3. The molecule has 0 aliphatic rings. The van der Waals surface area contributed by atoms with Crippen LogP contribution in [0.25, 0.3) is 0 Å². The van der Waals surface area contributed by atoms with Crippen molar-refractivity contribution in [2.45, 2.75) is 12.5 Å². The molecule has 1 atom stereocenters. The van der Waals surface area contributed by atoms with Crippen LogP contribution >= 0.6 is 0 Å². The van der Waals surface area contributed by atoms with E-state index in [0.717, 1.165) is 11.1 Å². The third kappa shape index (κ3) is 7.50. The molecule has 0 radical (unpaired) electrons. The van der Waals surface area contributed by atoms with Gasteiger partial charge in [0.1, 0.15) is 23.3 Å². The second-order valence-electron chi connectivity index (χ2n) is 7.42. The highest BCUT2D eigenvalue weighted by atomic mass is 16.5. The Morgan fingerprint density at radius 3 is 2.34 bits per heavy atom. The van der Waals surface area contributed by atoms with Gasteiger partial charge in [-0.15, -0.1) is 0 Å². The summed E-state index contributed by atoms with van der Waals surface area (Å²) in [6, 6.07) is 20.2. The monoisotopic (exact) mass is 476 g/mol. The molecule has 0 aliphatic heterocycles. The molecule has 0 fully saturated rings. The Morgan fingerprint density at radius 2 is 1.63 bits per heavy atom. The van der Waals surface area contributed by atoms with Crippen molar-refractivity contribution < 1.29 is 23.8 Å². The molecule has 3 aromatic rings. The second kappa shape index (κ2) is 12.6. The van der Waals surface area contributed by atoms with Crippen molar-refractivity contribution in [3.8, 4) is 17.2 Å². The molecule has 0 aliphatic carbocycles. The first-order chi connectivity index (χ1) is 17.0. The highest BCUT2D eigenvalue weighted by molar-refractivity contribution is 5.95. The number of rotatable bonds is 10. The molecule has 3 aromatic carbocycles. The smallest absolute Gasteiger partial charge is 0.320 e. The molecule has 0 saturated carbocycles. The number of hydrazone groups is 1. The van der Waals surface area contributed by atoms with Crippen LogP contribution < -0.4 is 30.3 Å². The molecule has 3 rings (SSSR count). The van der Waals surface area contributed by atoms with Gasteiger partial charge >= 0.3 is 6.03 Å². The standard InChI is InChI=1S/C26H28N4O5/c1-33-20-11-7-10-19(14-20)17-27-30-25(31)23(15-18-8-5-4-6-9-18)29-26(32)28-22-13-12-21(34-2)16-24(22)35-3/h4-14,16-17,23H,15H2,1-3H3,(H,30,31)(H2,28,29,32)/t23-/m1/s1. The van der Waals surface area contributed by atoms with Gasteiger partial charge in [-0.1, -0.05) is 42.5 Å². The molecule has 0 bridgehead atoms. The number of hydrogen-bond acceptors (Lipinski definition) is 6. The summed E-state index contributed by atoms with van der Waals surface area (Å²) >= 11 is 0. The number of urea groups is 1. The summed E-state index contributed by atoms with van der Waals surface area (Å²) in [6.45, 7) is 0. The molecular formula is C26H28N4O5. The summed E-state index contributed by atoms with van der Waals surface area (Å²) in [7, 11) is 4.60. The minimum absolute atomic E-state index is 0.272. The van der Waals surface area contributed by atoms with E-state index in [1.807, 2.05) is 48.5 Å². The molecule has 3 N–H and O–H groups in total. The first kappa shape index (κ1) is 25.1. The van der Waals surface area contributed by atoms with E-state index < -0.39 is 18.0 Å².